The van der Waals surface area contributed by atoms with E-state index in [2.05, 4.69) is 26.0 Å². The number of hydrogen-bond donors (Lipinski definition) is 0. The molecule has 1 aromatic rings. The molecule has 0 aromatic heterocycles. The molecule has 30 heavy (non-hydrogen) atoms. The molecule has 1 fully saturated rings. The Hall–Kier alpha value is -2.10. The molecule has 5 atom stereocenters. The molecule has 2 aliphatic carbocycles. The lowest BCUT2D eigenvalue weighted by molar-refractivity contribution is -0.163. The maximum absolute atomic E-state index is 13.0. The number of allylic oxidation sites excluding steroid dienone is 2. The molecule has 0 aliphatic heterocycles. The summed E-state index contributed by atoms with van der Waals surface area (Å²) in [6, 6.07) is 9.66. The summed E-state index contributed by atoms with van der Waals surface area (Å²) in [4.78, 5) is 25.9. The number of benzene rings is 1. The summed E-state index contributed by atoms with van der Waals surface area (Å²) in [5.41, 5.74) is 0.957. The second kappa shape index (κ2) is 11.3. The van der Waals surface area contributed by atoms with Gasteiger partial charge in [-0.15, -0.1) is 0 Å². The van der Waals surface area contributed by atoms with Gasteiger partial charge in [-0.1, -0.05) is 82.0 Å². The molecule has 0 N–H and O–H groups in total. The fourth-order valence-electron chi connectivity index (χ4n) is 4.99. The molecule has 0 saturated heterocycles. The lowest BCUT2D eigenvalue weighted by Gasteiger charge is -2.26. The second-order valence-electron chi connectivity index (χ2n) is 8.87. The molecular formula is C26H36O4. The second-order valence-corrected chi connectivity index (χ2v) is 8.87. The maximum Gasteiger partial charge on any atom is 0.310 e. The smallest absolute Gasteiger partial charge is 0.310 e. The van der Waals surface area contributed by atoms with Gasteiger partial charge in [-0.2, -0.15) is 0 Å². The summed E-state index contributed by atoms with van der Waals surface area (Å²) < 4.78 is 11.4. The number of fused-ring (bicyclic) bond motifs is 2. The number of hydrogen-bond acceptors (Lipinski definition) is 4. The molecule has 1 aromatic carbocycles. The number of ether oxygens (including phenoxy) is 2. The summed E-state index contributed by atoms with van der Waals surface area (Å²) in [7, 11) is 0. The Morgan fingerprint density at radius 2 is 1.57 bits per heavy atom. The predicted octanol–water partition coefficient (Wildman–Crippen LogP) is 5.71. The van der Waals surface area contributed by atoms with Gasteiger partial charge in [0.1, 0.15) is 6.61 Å². The zero-order chi connectivity index (χ0) is 21.3. The van der Waals surface area contributed by atoms with Gasteiger partial charge < -0.3 is 9.47 Å². The van der Waals surface area contributed by atoms with E-state index in [-0.39, 0.29) is 30.4 Å². The SMILES string of the molecule is CCCCCC(CCC)COC(=O)C1C2C=CC(C2)C1C(=O)OCc1ccccc1. The van der Waals surface area contributed by atoms with Crippen molar-refractivity contribution in [1.82, 2.24) is 0 Å². The molecule has 0 amide bonds. The van der Waals surface area contributed by atoms with E-state index in [1.807, 2.05) is 30.3 Å². The molecule has 1 saturated carbocycles. The van der Waals surface area contributed by atoms with E-state index in [0.29, 0.717) is 12.5 Å². The van der Waals surface area contributed by atoms with E-state index < -0.39 is 11.8 Å². The third-order valence-electron chi connectivity index (χ3n) is 6.60. The first-order valence-corrected chi connectivity index (χ1v) is 11.7. The van der Waals surface area contributed by atoms with E-state index in [4.69, 9.17) is 9.47 Å². The van der Waals surface area contributed by atoms with Gasteiger partial charge in [0.25, 0.3) is 0 Å². The fraction of sp³-hybridized carbons (Fsp3) is 0.615. The predicted molar refractivity (Wildman–Crippen MR) is 117 cm³/mol. The summed E-state index contributed by atoms with van der Waals surface area (Å²) in [6.45, 7) is 5.09. The first kappa shape index (κ1) is 22.6. The highest BCUT2D eigenvalue weighted by atomic mass is 16.5. The van der Waals surface area contributed by atoms with Gasteiger partial charge in [0.15, 0.2) is 0 Å². The first-order chi connectivity index (χ1) is 14.6. The van der Waals surface area contributed by atoms with Crippen LogP contribution < -0.4 is 0 Å². The first-order valence-electron chi connectivity index (χ1n) is 11.7. The van der Waals surface area contributed by atoms with Gasteiger partial charge >= 0.3 is 11.9 Å². The third-order valence-corrected chi connectivity index (χ3v) is 6.60. The molecule has 4 heteroatoms. The fourth-order valence-corrected chi connectivity index (χ4v) is 4.99. The molecule has 0 heterocycles. The van der Waals surface area contributed by atoms with Crippen LogP contribution in [0.5, 0.6) is 0 Å². The molecule has 2 aliphatic rings. The Kier molecular flexibility index (Phi) is 8.53. The number of esters is 2. The van der Waals surface area contributed by atoms with Crippen molar-refractivity contribution in [3.05, 3.63) is 48.0 Å². The van der Waals surface area contributed by atoms with Crippen molar-refractivity contribution in [3.63, 3.8) is 0 Å². The van der Waals surface area contributed by atoms with Crippen molar-refractivity contribution in [2.75, 3.05) is 6.61 Å². The molecule has 3 rings (SSSR count). The van der Waals surface area contributed by atoms with E-state index in [1.165, 1.54) is 19.3 Å². The largest absolute Gasteiger partial charge is 0.465 e. The lowest BCUT2D eigenvalue weighted by Crippen LogP contribution is -2.36. The van der Waals surface area contributed by atoms with Crippen LogP contribution in [-0.4, -0.2) is 18.5 Å². The highest BCUT2D eigenvalue weighted by Crippen LogP contribution is 2.49. The summed E-state index contributed by atoms with van der Waals surface area (Å²) in [6.07, 6.45) is 11.9. The number of unbranched alkanes of at least 4 members (excludes halogenated alkanes) is 2. The van der Waals surface area contributed by atoms with Crippen molar-refractivity contribution in [3.8, 4) is 0 Å². The monoisotopic (exact) mass is 412 g/mol. The molecule has 0 spiro atoms. The quantitative estimate of drug-likeness (QED) is 0.251. The molecule has 2 bridgehead atoms. The Labute approximate surface area is 181 Å². The van der Waals surface area contributed by atoms with Gasteiger partial charge in [-0.25, -0.2) is 0 Å². The Balaban J connectivity index is 1.56. The highest BCUT2D eigenvalue weighted by Gasteiger charge is 2.53. The van der Waals surface area contributed by atoms with Crippen molar-refractivity contribution in [1.29, 1.82) is 0 Å². The van der Waals surface area contributed by atoms with Crippen molar-refractivity contribution in [2.24, 2.45) is 29.6 Å². The van der Waals surface area contributed by atoms with E-state index >= 15 is 0 Å². The van der Waals surface area contributed by atoms with Crippen molar-refractivity contribution in [2.45, 2.75) is 65.4 Å². The van der Waals surface area contributed by atoms with Gasteiger partial charge in [0.05, 0.1) is 18.4 Å². The van der Waals surface area contributed by atoms with E-state index in [9.17, 15) is 9.59 Å². The third kappa shape index (κ3) is 5.74. The standard InChI is InChI=1S/C26H36O4/c1-3-5-7-11-19(10-4-2)17-29-25(27)23-21-14-15-22(16-21)24(23)26(28)30-18-20-12-8-6-9-13-20/h6,8-9,12-15,19,21-24H,3-5,7,10-11,16-18H2,1-2H3. The summed E-state index contributed by atoms with van der Waals surface area (Å²) in [5.74, 6) is -0.700. The van der Waals surface area contributed by atoms with Gasteiger partial charge in [-0.3, -0.25) is 9.59 Å². The Morgan fingerprint density at radius 1 is 0.900 bits per heavy atom. The molecule has 164 valence electrons. The van der Waals surface area contributed by atoms with Crippen LogP contribution in [0, 0.1) is 29.6 Å². The molecule has 0 radical (unpaired) electrons. The zero-order valence-corrected chi connectivity index (χ0v) is 18.4. The topological polar surface area (TPSA) is 52.6 Å². The van der Waals surface area contributed by atoms with Crippen molar-refractivity contribution >= 4 is 11.9 Å². The average Bonchev–Trinajstić information content (AvgIpc) is 3.38. The normalized spacial score (nSPS) is 25.3. The van der Waals surface area contributed by atoms with Gasteiger partial charge in [0.2, 0.25) is 0 Å². The van der Waals surface area contributed by atoms with Crippen LogP contribution >= 0.6 is 0 Å². The maximum atomic E-state index is 13.0. The van der Waals surface area contributed by atoms with Crippen LogP contribution in [-0.2, 0) is 25.7 Å². The van der Waals surface area contributed by atoms with Gasteiger partial charge in [0, 0.05) is 0 Å². The molecule has 4 nitrogen and oxygen atoms in total. The Bertz CT molecular complexity index is 711. The number of carbonyl (C=O) groups excluding carboxylic acids is 2. The van der Waals surface area contributed by atoms with Crippen molar-refractivity contribution < 1.29 is 19.1 Å². The van der Waals surface area contributed by atoms with Crippen LogP contribution in [0.1, 0.15) is 64.4 Å². The highest BCUT2D eigenvalue weighted by molar-refractivity contribution is 5.84. The minimum Gasteiger partial charge on any atom is -0.465 e. The zero-order valence-electron chi connectivity index (χ0n) is 18.4. The lowest BCUT2D eigenvalue weighted by atomic mass is 9.83. The van der Waals surface area contributed by atoms with Crippen LogP contribution in [0.25, 0.3) is 0 Å². The van der Waals surface area contributed by atoms with Crippen LogP contribution in [0.15, 0.2) is 42.5 Å². The van der Waals surface area contributed by atoms with Crippen LogP contribution in [0.4, 0.5) is 0 Å². The minimum absolute atomic E-state index is 0.0896. The number of carbonyl (C=O) groups is 2. The molecular weight excluding hydrogens is 376 g/mol. The minimum atomic E-state index is -0.416. The summed E-state index contributed by atoms with van der Waals surface area (Å²) in [5, 5.41) is 0. The number of rotatable bonds is 12. The molecule has 5 unspecified atom stereocenters. The average molecular weight is 413 g/mol. The van der Waals surface area contributed by atoms with Crippen LogP contribution in [0.3, 0.4) is 0 Å². The van der Waals surface area contributed by atoms with Gasteiger partial charge in [-0.05, 0) is 42.6 Å². The Morgan fingerprint density at radius 3 is 2.20 bits per heavy atom. The van der Waals surface area contributed by atoms with Crippen LogP contribution in [0.2, 0.25) is 0 Å². The van der Waals surface area contributed by atoms with E-state index in [1.54, 1.807) is 0 Å². The summed E-state index contributed by atoms with van der Waals surface area (Å²) >= 11 is 0. The van der Waals surface area contributed by atoms with E-state index in [0.717, 1.165) is 31.2 Å².